The quantitative estimate of drug-likeness (QED) is 0.689. The van der Waals surface area contributed by atoms with Crippen molar-refractivity contribution >= 4 is 11.8 Å². The average molecular weight is 379 g/mol. The number of aliphatic hydroxyl groups is 1. The molecule has 1 aromatic carbocycles. The maximum absolute atomic E-state index is 12.2. The van der Waals surface area contributed by atoms with E-state index in [0.717, 1.165) is 0 Å². The molecule has 1 saturated heterocycles. The van der Waals surface area contributed by atoms with Gasteiger partial charge in [-0.25, -0.2) is 9.97 Å². The third kappa shape index (κ3) is 2.91. The molecule has 142 valence electrons. The third-order valence-corrected chi connectivity index (χ3v) is 4.75. The van der Waals surface area contributed by atoms with Gasteiger partial charge in [0, 0.05) is 43.4 Å². The lowest BCUT2D eigenvalue weighted by Gasteiger charge is -2.16. The maximum Gasteiger partial charge on any atom is 0.267 e. The maximum atomic E-state index is 12.2. The van der Waals surface area contributed by atoms with Crippen molar-refractivity contribution in [3.05, 3.63) is 54.0 Å². The fourth-order valence-corrected chi connectivity index (χ4v) is 3.14. The molecule has 3 heterocycles. The summed E-state index contributed by atoms with van der Waals surface area (Å²) in [6.07, 6.45) is 1.70. The second-order valence-corrected chi connectivity index (χ2v) is 6.62. The first kappa shape index (κ1) is 17.8. The second kappa shape index (κ2) is 6.54. The van der Waals surface area contributed by atoms with E-state index < -0.39 is 17.4 Å². The molecule has 9 heteroatoms. The first-order chi connectivity index (χ1) is 13.4. The number of benzene rings is 1. The number of hydrogen-bond donors (Lipinski definition) is 2. The lowest BCUT2D eigenvalue weighted by atomic mass is 9.98. The van der Waals surface area contributed by atoms with Crippen LogP contribution in [0.3, 0.4) is 0 Å². The zero-order valence-corrected chi connectivity index (χ0v) is 15.0. The van der Waals surface area contributed by atoms with Gasteiger partial charge in [-0.15, -0.1) is 0 Å². The van der Waals surface area contributed by atoms with E-state index in [9.17, 15) is 14.7 Å². The highest BCUT2D eigenvalue weighted by atomic mass is 16.5. The molecular weight excluding hydrogens is 362 g/mol. The molecule has 28 heavy (non-hydrogen) atoms. The van der Waals surface area contributed by atoms with Gasteiger partial charge in [-0.05, 0) is 12.1 Å². The lowest BCUT2D eigenvalue weighted by molar-refractivity contribution is -0.144. The molecule has 4 rings (SSSR count). The molecular formula is C19H17N5O4. The van der Waals surface area contributed by atoms with Gasteiger partial charge >= 0.3 is 0 Å². The largest absolute Gasteiger partial charge is 0.373 e. The first-order valence-electron chi connectivity index (χ1n) is 8.57. The third-order valence-electron chi connectivity index (χ3n) is 4.75. The standard InChI is InChI=1S/C19H17N5O4/c1-24-8-6-19(27,18(24)26)15-10-14(23-28-15)11-3-2-4-12(9-11)17-21-7-5-13(22-17)16(20)25/h2-5,7,9-10,27H,6,8H2,1H3,(H2,20,25)/t19-/m1/s1. The number of hydrogen-bond acceptors (Lipinski definition) is 7. The Labute approximate surface area is 159 Å². The summed E-state index contributed by atoms with van der Waals surface area (Å²) in [5.41, 5.74) is 5.48. The number of nitrogens with two attached hydrogens (primary N) is 1. The topological polar surface area (TPSA) is 135 Å². The van der Waals surface area contributed by atoms with E-state index in [1.54, 1.807) is 37.4 Å². The van der Waals surface area contributed by atoms with Crippen molar-refractivity contribution in [2.45, 2.75) is 12.0 Å². The molecule has 0 spiro atoms. The predicted octanol–water partition coefficient (Wildman–Crippen LogP) is 0.947. The monoisotopic (exact) mass is 379 g/mol. The number of primary amides is 1. The number of nitrogens with zero attached hydrogens (tertiary/aromatic N) is 4. The highest BCUT2D eigenvalue weighted by Crippen LogP contribution is 2.35. The first-order valence-corrected chi connectivity index (χ1v) is 8.57. The van der Waals surface area contributed by atoms with E-state index in [1.807, 2.05) is 0 Å². The van der Waals surface area contributed by atoms with Gasteiger partial charge in [-0.2, -0.15) is 0 Å². The fourth-order valence-electron chi connectivity index (χ4n) is 3.14. The van der Waals surface area contributed by atoms with Crippen LogP contribution in [0.4, 0.5) is 0 Å². The van der Waals surface area contributed by atoms with Gasteiger partial charge < -0.3 is 20.3 Å². The number of aromatic nitrogens is 3. The molecule has 0 unspecified atom stereocenters. The van der Waals surface area contributed by atoms with Gasteiger partial charge in [0.25, 0.3) is 11.8 Å². The summed E-state index contributed by atoms with van der Waals surface area (Å²) in [7, 11) is 1.63. The summed E-state index contributed by atoms with van der Waals surface area (Å²) < 4.78 is 5.28. The minimum Gasteiger partial charge on any atom is -0.373 e. The van der Waals surface area contributed by atoms with Crippen LogP contribution in [0.1, 0.15) is 22.7 Å². The van der Waals surface area contributed by atoms with Gasteiger partial charge in [0.2, 0.25) is 5.60 Å². The van der Waals surface area contributed by atoms with Crippen LogP contribution >= 0.6 is 0 Å². The highest BCUT2D eigenvalue weighted by Gasteiger charge is 2.48. The molecule has 0 aliphatic carbocycles. The summed E-state index contributed by atoms with van der Waals surface area (Å²) in [6.45, 7) is 0.439. The van der Waals surface area contributed by atoms with E-state index >= 15 is 0 Å². The molecule has 3 aromatic rings. The number of carbonyl (C=O) groups excluding carboxylic acids is 2. The highest BCUT2D eigenvalue weighted by molar-refractivity contribution is 5.91. The van der Waals surface area contributed by atoms with Crippen LogP contribution in [0.15, 0.2) is 47.1 Å². The molecule has 1 aliphatic heterocycles. The van der Waals surface area contributed by atoms with Crippen molar-refractivity contribution in [2.24, 2.45) is 5.73 Å². The SMILES string of the molecule is CN1CC[C@@](O)(c2cc(-c3cccc(-c4nccc(C(N)=O)n4)c3)no2)C1=O. The zero-order chi connectivity index (χ0) is 19.9. The van der Waals surface area contributed by atoms with Crippen molar-refractivity contribution in [1.82, 2.24) is 20.0 Å². The summed E-state index contributed by atoms with van der Waals surface area (Å²) >= 11 is 0. The van der Waals surface area contributed by atoms with Crippen LogP contribution < -0.4 is 5.73 Å². The number of amides is 2. The molecule has 1 atom stereocenters. The fraction of sp³-hybridized carbons (Fsp3) is 0.211. The Morgan fingerprint density at radius 2 is 2.07 bits per heavy atom. The number of rotatable bonds is 4. The second-order valence-electron chi connectivity index (χ2n) is 6.62. The van der Waals surface area contributed by atoms with Crippen molar-refractivity contribution < 1.29 is 19.2 Å². The average Bonchev–Trinajstić information content (AvgIpc) is 3.31. The minimum absolute atomic E-state index is 0.106. The molecule has 1 aliphatic rings. The Morgan fingerprint density at radius 3 is 2.79 bits per heavy atom. The molecule has 3 N–H and O–H groups in total. The molecule has 0 radical (unpaired) electrons. The summed E-state index contributed by atoms with van der Waals surface area (Å²) in [4.78, 5) is 33.3. The Hall–Kier alpha value is -3.59. The van der Waals surface area contributed by atoms with Gasteiger partial charge in [0.15, 0.2) is 11.6 Å². The number of carbonyl (C=O) groups is 2. The number of likely N-dealkylation sites (tertiary alicyclic amines) is 1. The lowest BCUT2D eigenvalue weighted by Crippen LogP contribution is -2.35. The van der Waals surface area contributed by atoms with Crippen LogP contribution in [0.2, 0.25) is 0 Å². The number of likely N-dealkylation sites (N-methyl/N-ethyl adjacent to an activating group) is 1. The summed E-state index contributed by atoms with van der Waals surface area (Å²) in [5, 5.41) is 14.7. The van der Waals surface area contributed by atoms with E-state index in [0.29, 0.717) is 29.2 Å². The van der Waals surface area contributed by atoms with Crippen molar-refractivity contribution in [3.8, 4) is 22.6 Å². The van der Waals surface area contributed by atoms with E-state index in [4.69, 9.17) is 10.3 Å². The van der Waals surface area contributed by atoms with E-state index in [2.05, 4.69) is 15.1 Å². The van der Waals surface area contributed by atoms with Crippen molar-refractivity contribution in [3.63, 3.8) is 0 Å². The van der Waals surface area contributed by atoms with E-state index in [1.165, 1.54) is 17.2 Å². The zero-order valence-electron chi connectivity index (χ0n) is 15.0. The van der Waals surface area contributed by atoms with Crippen LogP contribution in [-0.2, 0) is 10.4 Å². The van der Waals surface area contributed by atoms with Crippen molar-refractivity contribution in [2.75, 3.05) is 13.6 Å². The Bertz CT molecular complexity index is 1080. The normalized spacial score (nSPS) is 19.2. The van der Waals surface area contributed by atoms with E-state index in [-0.39, 0.29) is 17.9 Å². The molecule has 0 bridgehead atoms. The van der Waals surface area contributed by atoms with Gasteiger partial charge in [-0.3, -0.25) is 9.59 Å². The minimum atomic E-state index is -1.70. The Balaban J connectivity index is 1.68. The summed E-state index contributed by atoms with van der Waals surface area (Å²) in [5.74, 6) is -0.608. The molecule has 0 saturated carbocycles. The van der Waals surface area contributed by atoms with Gasteiger partial charge in [0.1, 0.15) is 11.4 Å². The Morgan fingerprint density at radius 1 is 1.29 bits per heavy atom. The predicted molar refractivity (Wildman–Crippen MR) is 97.6 cm³/mol. The van der Waals surface area contributed by atoms with Crippen LogP contribution in [0.5, 0.6) is 0 Å². The Kier molecular flexibility index (Phi) is 4.16. The van der Waals surface area contributed by atoms with Gasteiger partial charge in [0.05, 0.1) is 0 Å². The molecule has 9 nitrogen and oxygen atoms in total. The molecule has 1 fully saturated rings. The van der Waals surface area contributed by atoms with Crippen LogP contribution in [-0.4, -0.2) is 50.5 Å². The summed E-state index contributed by atoms with van der Waals surface area (Å²) in [6, 6.07) is 10.1. The van der Waals surface area contributed by atoms with Crippen LogP contribution in [0.25, 0.3) is 22.6 Å². The van der Waals surface area contributed by atoms with Crippen molar-refractivity contribution in [1.29, 1.82) is 0 Å². The molecule has 2 aromatic heterocycles. The molecule has 2 amide bonds. The van der Waals surface area contributed by atoms with Crippen LogP contribution in [0, 0.1) is 0 Å². The van der Waals surface area contributed by atoms with Gasteiger partial charge in [-0.1, -0.05) is 23.4 Å². The smallest absolute Gasteiger partial charge is 0.267 e.